The minimum Gasteiger partial charge on any atom is -0.337 e. The quantitative estimate of drug-likeness (QED) is 0.869. The highest BCUT2D eigenvalue weighted by Crippen LogP contribution is 2.11. The highest BCUT2D eigenvalue weighted by atomic mass is 127. The molecule has 0 saturated heterocycles. The van der Waals surface area contributed by atoms with Crippen molar-refractivity contribution in [3.8, 4) is 0 Å². The molecule has 2 aromatic rings. The number of anilines is 1. The van der Waals surface area contributed by atoms with Gasteiger partial charge in [-0.25, -0.2) is 4.98 Å². The molecule has 1 N–H and O–H groups in total. The van der Waals surface area contributed by atoms with Crippen LogP contribution >= 0.6 is 22.6 Å². The SMILES string of the molecule is O=C(CCn1ccnc1)Nc1ccc(I)cc1. The lowest BCUT2D eigenvalue weighted by molar-refractivity contribution is -0.116. The predicted octanol–water partition coefficient (Wildman–Crippen LogP) is 2.52. The van der Waals surface area contributed by atoms with Crippen LogP contribution in [0.2, 0.25) is 0 Å². The maximum atomic E-state index is 11.6. The molecule has 0 spiro atoms. The minimum atomic E-state index is 0.0138. The fourth-order valence-electron chi connectivity index (χ4n) is 1.41. The zero-order chi connectivity index (χ0) is 12.1. The molecule has 5 heteroatoms. The Labute approximate surface area is 113 Å². The second kappa shape index (κ2) is 5.81. The Morgan fingerprint density at radius 1 is 1.35 bits per heavy atom. The molecule has 1 aromatic heterocycles. The van der Waals surface area contributed by atoms with Gasteiger partial charge < -0.3 is 9.88 Å². The number of amides is 1. The van der Waals surface area contributed by atoms with Crippen LogP contribution in [-0.4, -0.2) is 15.5 Å². The molecule has 4 nitrogen and oxygen atoms in total. The van der Waals surface area contributed by atoms with Crippen LogP contribution in [0.25, 0.3) is 0 Å². The summed E-state index contributed by atoms with van der Waals surface area (Å²) in [4.78, 5) is 15.6. The summed E-state index contributed by atoms with van der Waals surface area (Å²) in [7, 11) is 0. The Kier molecular flexibility index (Phi) is 4.13. The van der Waals surface area contributed by atoms with Gasteiger partial charge in [0.2, 0.25) is 5.91 Å². The van der Waals surface area contributed by atoms with Gasteiger partial charge >= 0.3 is 0 Å². The third-order valence-electron chi connectivity index (χ3n) is 2.28. The van der Waals surface area contributed by atoms with E-state index in [1.54, 1.807) is 12.5 Å². The van der Waals surface area contributed by atoms with Crippen molar-refractivity contribution >= 4 is 34.2 Å². The standard InChI is InChI=1S/C12H12IN3O/c13-10-1-3-11(4-2-10)15-12(17)5-7-16-8-6-14-9-16/h1-4,6,8-9H,5,7H2,(H,15,17). The van der Waals surface area contributed by atoms with E-state index in [0.717, 1.165) is 9.26 Å². The lowest BCUT2D eigenvalue weighted by Gasteiger charge is -2.05. The lowest BCUT2D eigenvalue weighted by atomic mass is 10.3. The maximum absolute atomic E-state index is 11.6. The zero-order valence-corrected chi connectivity index (χ0v) is 11.3. The number of aromatic nitrogens is 2. The molecule has 1 aromatic carbocycles. The summed E-state index contributed by atoms with van der Waals surface area (Å²) in [6.45, 7) is 0.649. The molecule has 0 aliphatic heterocycles. The number of imidazole rings is 1. The van der Waals surface area contributed by atoms with Crippen molar-refractivity contribution in [1.82, 2.24) is 9.55 Å². The van der Waals surface area contributed by atoms with Crippen LogP contribution in [-0.2, 0) is 11.3 Å². The van der Waals surface area contributed by atoms with E-state index in [2.05, 4.69) is 32.9 Å². The van der Waals surface area contributed by atoms with Crippen molar-refractivity contribution in [2.24, 2.45) is 0 Å². The largest absolute Gasteiger partial charge is 0.337 e. The number of hydrogen-bond acceptors (Lipinski definition) is 2. The molecule has 0 aliphatic carbocycles. The summed E-state index contributed by atoms with van der Waals surface area (Å²) in [5, 5.41) is 2.86. The van der Waals surface area contributed by atoms with Crippen LogP contribution in [0.1, 0.15) is 6.42 Å². The molecule has 0 atom stereocenters. The normalized spacial score (nSPS) is 10.2. The maximum Gasteiger partial charge on any atom is 0.226 e. The molecule has 1 amide bonds. The van der Waals surface area contributed by atoms with E-state index in [9.17, 15) is 4.79 Å². The van der Waals surface area contributed by atoms with Gasteiger partial charge in [-0.05, 0) is 46.9 Å². The number of carbonyl (C=O) groups excluding carboxylic acids is 1. The van der Waals surface area contributed by atoms with E-state index in [4.69, 9.17) is 0 Å². The number of carbonyl (C=O) groups is 1. The number of aryl methyl sites for hydroxylation is 1. The van der Waals surface area contributed by atoms with E-state index in [1.165, 1.54) is 0 Å². The van der Waals surface area contributed by atoms with E-state index in [0.29, 0.717) is 13.0 Å². The van der Waals surface area contributed by atoms with E-state index in [-0.39, 0.29) is 5.91 Å². The summed E-state index contributed by atoms with van der Waals surface area (Å²) in [6, 6.07) is 7.73. The van der Waals surface area contributed by atoms with Crippen LogP contribution in [0.3, 0.4) is 0 Å². The van der Waals surface area contributed by atoms with Crippen LogP contribution in [0.15, 0.2) is 43.0 Å². The third-order valence-corrected chi connectivity index (χ3v) is 3.00. The molecule has 17 heavy (non-hydrogen) atoms. The van der Waals surface area contributed by atoms with Gasteiger partial charge in [0.15, 0.2) is 0 Å². The Hall–Kier alpha value is -1.37. The monoisotopic (exact) mass is 341 g/mol. The predicted molar refractivity (Wildman–Crippen MR) is 74.6 cm³/mol. The van der Waals surface area contributed by atoms with Gasteiger partial charge in [0.25, 0.3) is 0 Å². The smallest absolute Gasteiger partial charge is 0.226 e. The summed E-state index contributed by atoms with van der Waals surface area (Å²) in [5.74, 6) is 0.0138. The topological polar surface area (TPSA) is 46.9 Å². The number of benzene rings is 1. The summed E-state index contributed by atoms with van der Waals surface area (Å²) >= 11 is 2.23. The van der Waals surface area contributed by atoms with E-state index in [1.807, 2.05) is 35.0 Å². The molecule has 0 fully saturated rings. The fourth-order valence-corrected chi connectivity index (χ4v) is 1.77. The first kappa shape index (κ1) is 12.1. The number of nitrogens with zero attached hydrogens (tertiary/aromatic N) is 2. The van der Waals surface area contributed by atoms with Crippen LogP contribution in [0, 0.1) is 3.57 Å². The summed E-state index contributed by atoms with van der Waals surface area (Å²) < 4.78 is 3.03. The van der Waals surface area contributed by atoms with Crippen LogP contribution in [0.5, 0.6) is 0 Å². The first-order valence-electron chi connectivity index (χ1n) is 5.25. The van der Waals surface area contributed by atoms with Crippen molar-refractivity contribution in [2.75, 3.05) is 5.32 Å². The van der Waals surface area contributed by atoms with Crippen LogP contribution < -0.4 is 5.32 Å². The molecule has 2 rings (SSSR count). The summed E-state index contributed by atoms with van der Waals surface area (Å²) in [5.41, 5.74) is 0.834. The second-order valence-corrected chi connectivity index (χ2v) is 4.85. The molecular formula is C12H12IN3O. The van der Waals surface area contributed by atoms with Gasteiger partial charge in [-0.1, -0.05) is 0 Å². The average Bonchev–Trinajstić information content (AvgIpc) is 2.83. The van der Waals surface area contributed by atoms with Gasteiger partial charge in [-0.15, -0.1) is 0 Å². The Morgan fingerprint density at radius 3 is 2.76 bits per heavy atom. The summed E-state index contributed by atoms with van der Waals surface area (Å²) in [6.07, 6.45) is 5.70. The molecule has 0 aliphatic rings. The molecule has 1 heterocycles. The van der Waals surface area contributed by atoms with Gasteiger partial charge in [0, 0.05) is 34.6 Å². The van der Waals surface area contributed by atoms with Gasteiger partial charge in [0.1, 0.15) is 0 Å². The van der Waals surface area contributed by atoms with Gasteiger partial charge in [0.05, 0.1) is 6.33 Å². The van der Waals surface area contributed by atoms with Crippen molar-refractivity contribution in [1.29, 1.82) is 0 Å². The minimum absolute atomic E-state index is 0.0138. The van der Waals surface area contributed by atoms with Crippen LogP contribution in [0.4, 0.5) is 5.69 Å². The molecule has 88 valence electrons. The highest BCUT2D eigenvalue weighted by Gasteiger charge is 2.02. The molecule has 0 bridgehead atoms. The van der Waals surface area contributed by atoms with Gasteiger partial charge in [-0.3, -0.25) is 4.79 Å². The van der Waals surface area contributed by atoms with E-state index < -0.39 is 0 Å². The van der Waals surface area contributed by atoms with Crippen molar-refractivity contribution in [3.05, 3.63) is 46.6 Å². The average molecular weight is 341 g/mol. The van der Waals surface area contributed by atoms with E-state index >= 15 is 0 Å². The fraction of sp³-hybridized carbons (Fsp3) is 0.167. The number of rotatable bonds is 4. The van der Waals surface area contributed by atoms with Gasteiger partial charge in [-0.2, -0.15) is 0 Å². The first-order valence-corrected chi connectivity index (χ1v) is 6.33. The first-order chi connectivity index (χ1) is 8.24. The zero-order valence-electron chi connectivity index (χ0n) is 9.14. The Balaban J connectivity index is 1.83. The Morgan fingerprint density at radius 2 is 2.12 bits per heavy atom. The third kappa shape index (κ3) is 3.85. The molecule has 0 saturated carbocycles. The molecule has 0 radical (unpaired) electrons. The van der Waals surface area contributed by atoms with Crippen molar-refractivity contribution < 1.29 is 4.79 Å². The number of halogens is 1. The number of nitrogens with one attached hydrogen (secondary N) is 1. The second-order valence-electron chi connectivity index (χ2n) is 3.61. The van der Waals surface area contributed by atoms with Crippen molar-refractivity contribution in [3.63, 3.8) is 0 Å². The highest BCUT2D eigenvalue weighted by molar-refractivity contribution is 14.1. The molecular weight excluding hydrogens is 329 g/mol. The lowest BCUT2D eigenvalue weighted by Crippen LogP contribution is -2.13. The Bertz CT molecular complexity index is 479. The number of hydrogen-bond donors (Lipinski definition) is 1. The molecule has 0 unspecified atom stereocenters. The van der Waals surface area contributed by atoms with Crippen molar-refractivity contribution in [2.45, 2.75) is 13.0 Å².